The minimum atomic E-state index is 0.654. The van der Waals surface area contributed by atoms with Gasteiger partial charge in [0.15, 0.2) is 0 Å². The lowest BCUT2D eigenvalue weighted by Gasteiger charge is -2.10. The first kappa shape index (κ1) is 9.59. The van der Waals surface area contributed by atoms with Crippen LogP contribution in [0.1, 0.15) is 12.8 Å². The van der Waals surface area contributed by atoms with Gasteiger partial charge in [-0.25, -0.2) is 0 Å². The first-order chi connectivity index (χ1) is 6.33. The molecule has 13 heavy (non-hydrogen) atoms. The maximum absolute atomic E-state index is 5.47. The van der Waals surface area contributed by atoms with Gasteiger partial charge < -0.3 is 4.74 Å². The smallest absolute Gasteiger partial charge is 0.119 e. The van der Waals surface area contributed by atoms with Crippen LogP contribution >= 0.6 is 0 Å². The van der Waals surface area contributed by atoms with E-state index < -0.39 is 0 Å². The molecule has 0 heterocycles. The minimum absolute atomic E-state index is 0.654. The molecule has 0 saturated heterocycles. The molecular weight excluding hydrogens is 160 g/mol. The molecule has 0 aliphatic heterocycles. The van der Waals surface area contributed by atoms with E-state index in [2.05, 4.69) is 19.2 Å². The Bertz CT molecular complexity index is 279. The summed E-state index contributed by atoms with van der Waals surface area (Å²) in [6.45, 7) is 7.33. The Morgan fingerprint density at radius 1 is 1.54 bits per heavy atom. The molecule has 1 heteroatoms. The molecule has 1 aliphatic carbocycles. The molecule has 0 unspecified atom stereocenters. The van der Waals surface area contributed by atoms with Gasteiger partial charge >= 0.3 is 0 Å². The van der Waals surface area contributed by atoms with Crippen molar-refractivity contribution in [1.82, 2.24) is 0 Å². The van der Waals surface area contributed by atoms with Crippen LogP contribution in [0.4, 0.5) is 0 Å². The van der Waals surface area contributed by atoms with Gasteiger partial charge in [-0.1, -0.05) is 37.5 Å². The second-order valence-corrected chi connectivity index (χ2v) is 2.76. The first-order valence-corrected chi connectivity index (χ1v) is 4.34. The Labute approximate surface area is 79.4 Å². The Kier molecular flexibility index (Phi) is 3.83. The number of rotatable bonds is 4. The monoisotopic (exact) mass is 174 g/mol. The van der Waals surface area contributed by atoms with E-state index in [-0.39, 0.29) is 0 Å². The number of allylic oxidation sites excluding steroid dienone is 7. The van der Waals surface area contributed by atoms with E-state index in [1.165, 1.54) is 0 Å². The van der Waals surface area contributed by atoms with Crippen LogP contribution in [0.3, 0.4) is 0 Å². The zero-order valence-electron chi connectivity index (χ0n) is 7.70. The second kappa shape index (κ2) is 5.20. The largest absolute Gasteiger partial charge is 0.462 e. The molecule has 0 aromatic rings. The zero-order chi connectivity index (χ0) is 9.52. The molecule has 0 amide bonds. The Morgan fingerprint density at radius 3 is 3.00 bits per heavy atom. The van der Waals surface area contributed by atoms with Gasteiger partial charge in [0.25, 0.3) is 0 Å². The summed E-state index contributed by atoms with van der Waals surface area (Å²) in [4.78, 5) is 0. The normalized spacial score (nSPS) is 15.5. The molecular formula is C12H14O. The molecule has 0 fully saturated rings. The molecule has 68 valence electrons. The fourth-order valence-corrected chi connectivity index (χ4v) is 1.04. The summed E-state index contributed by atoms with van der Waals surface area (Å²) in [5, 5.41) is 0. The van der Waals surface area contributed by atoms with Crippen molar-refractivity contribution in [1.29, 1.82) is 0 Å². The lowest BCUT2D eigenvalue weighted by molar-refractivity contribution is 0.306. The zero-order valence-corrected chi connectivity index (χ0v) is 7.70. The third kappa shape index (κ3) is 3.61. The minimum Gasteiger partial charge on any atom is -0.462 e. The fraction of sp³-hybridized carbons (Fsp3) is 0.167. The topological polar surface area (TPSA) is 9.23 Å². The number of hydrogen-bond acceptors (Lipinski definition) is 1. The van der Waals surface area contributed by atoms with Crippen LogP contribution in [0, 0.1) is 0 Å². The molecule has 0 saturated carbocycles. The lowest BCUT2D eigenvalue weighted by Crippen LogP contribution is -1.92. The highest BCUT2D eigenvalue weighted by atomic mass is 16.5. The lowest BCUT2D eigenvalue weighted by atomic mass is 10.2. The third-order valence-electron chi connectivity index (χ3n) is 1.66. The molecule has 0 spiro atoms. The van der Waals surface area contributed by atoms with Crippen molar-refractivity contribution >= 4 is 0 Å². The number of hydrogen-bond donors (Lipinski definition) is 0. The van der Waals surface area contributed by atoms with E-state index in [9.17, 15) is 0 Å². The van der Waals surface area contributed by atoms with Crippen molar-refractivity contribution in [2.24, 2.45) is 0 Å². The van der Waals surface area contributed by atoms with Crippen molar-refractivity contribution in [2.75, 3.05) is 0 Å². The van der Waals surface area contributed by atoms with Gasteiger partial charge in [-0.05, 0) is 18.6 Å². The van der Waals surface area contributed by atoms with E-state index in [4.69, 9.17) is 4.74 Å². The van der Waals surface area contributed by atoms with E-state index in [1.54, 1.807) is 12.2 Å². The van der Waals surface area contributed by atoms with Crippen LogP contribution in [0.5, 0.6) is 0 Å². The average molecular weight is 174 g/mol. The summed E-state index contributed by atoms with van der Waals surface area (Å²) < 4.78 is 5.47. The van der Waals surface area contributed by atoms with Gasteiger partial charge in [-0.2, -0.15) is 0 Å². The average Bonchev–Trinajstić information content (AvgIpc) is 2.16. The summed E-state index contributed by atoms with van der Waals surface area (Å²) in [6, 6.07) is 0. The third-order valence-corrected chi connectivity index (χ3v) is 1.66. The van der Waals surface area contributed by atoms with Crippen LogP contribution < -0.4 is 0 Å². The summed E-state index contributed by atoms with van der Waals surface area (Å²) in [7, 11) is 0. The number of ether oxygens (including phenoxy) is 1. The van der Waals surface area contributed by atoms with Crippen LogP contribution in [0.15, 0.2) is 61.1 Å². The standard InChI is InChI=1S/C12H14O/c1-3-4-8-11(2)13-12-9-6-5-7-10-12/h3-6,8-9H,1-2,7,10H2/b8-4-. The van der Waals surface area contributed by atoms with Crippen LogP contribution in [-0.4, -0.2) is 0 Å². The molecule has 0 bridgehead atoms. The van der Waals surface area contributed by atoms with Gasteiger partial charge in [0, 0.05) is 6.42 Å². The van der Waals surface area contributed by atoms with Crippen molar-refractivity contribution < 1.29 is 4.74 Å². The highest BCUT2D eigenvalue weighted by Gasteiger charge is 2.00. The van der Waals surface area contributed by atoms with E-state index in [0.29, 0.717) is 5.76 Å². The molecule has 1 rings (SSSR count). The Morgan fingerprint density at radius 2 is 2.38 bits per heavy atom. The maximum Gasteiger partial charge on any atom is 0.119 e. The molecule has 1 nitrogen and oxygen atoms in total. The Balaban J connectivity index is 2.43. The maximum atomic E-state index is 5.47. The van der Waals surface area contributed by atoms with Crippen LogP contribution in [0.2, 0.25) is 0 Å². The quantitative estimate of drug-likeness (QED) is 0.468. The fourth-order valence-electron chi connectivity index (χ4n) is 1.04. The van der Waals surface area contributed by atoms with Gasteiger partial charge in [-0.15, -0.1) is 0 Å². The highest BCUT2D eigenvalue weighted by molar-refractivity contribution is 5.19. The van der Waals surface area contributed by atoms with Crippen molar-refractivity contribution in [2.45, 2.75) is 12.8 Å². The SMILES string of the molecule is C=C/C=C\C(=C)OC1=CC=CCC1. The van der Waals surface area contributed by atoms with Gasteiger partial charge in [0.2, 0.25) is 0 Å². The van der Waals surface area contributed by atoms with Crippen LogP contribution in [-0.2, 0) is 4.74 Å². The van der Waals surface area contributed by atoms with Gasteiger partial charge in [0.05, 0.1) is 0 Å². The van der Waals surface area contributed by atoms with E-state index in [1.807, 2.05) is 18.2 Å². The predicted molar refractivity (Wildman–Crippen MR) is 56.0 cm³/mol. The molecule has 0 radical (unpaired) electrons. The highest BCUT2D eigenvalue weighted by Crippen LogP contribution is 2.16. The van der Waals surface area contributed by atoms with Gasteiger partial charge in [-0.3, -0.25) is 0 Å². The molecule has 0 N–H and O–H groups in total. The first-order valence-electron chi connectivity index (χ1n) is 4.34. The van der Waals surface area contributed by atoms with Crippen molar-refractivity contribution in [3.05, 3.63) is 61.1 Å². The predicted octanol–water partition coefficient (Wildman–Crippen LogP) is 3.49. The second-order valence-electron chi connectivity index (χ2n) is 2.76. The van der Waals surface area contributed by atoms with Crippen LogP contribution in [0.25, 0.3) is 0 Å². The molecule has 0 aromatic heterocycles. The molecule has 0 aromatic carbocycles. The Hall–Kier alpha value is -1.50. The summed E-state index contributed by atoms with van der Waals surface area (Å²) in [5.74, 6) is 1.63. The van der Waals surface area contributed by atoms with Crippen molar-refractivity contribution in [3.63, 3.8) is 0 Å². The van der Waals surface area contributed by atoms with Gasteiger partial charge in [0.1, 0.15) is 11.5 Å². The summed E-state index contributed by atoms with van der Waals surface area (Å²) in [6.07, 6.45) is 13.4. The van der Waals surface area contributed by atoms with E-state index >= 15 is 0 Å². The summed E-state index contributed by atoms with van der Waals surface area (Å²) in [5.41, 5.74) is 0. The molecule has 1 aliphatic rings. The van der Waals surface area contributed by atoms with E-state index in [0.717, 1.165) is 18.6 Å². The summed E-state index contributed by atoms with van der Waals surface area (Å²) >= 11 is 0. The molecule has 0 atom stereocenters. The van der Waals surface area contributed by atoms with Crippen molar-refractivity contribution in [3.8, 4) is 0 Å².